The summed E-state index contributed by atoms with van der Waals surface area (Å²) in [6.07, 6.45) is 5.25. The molecule has 1 aliphatic rings. The molecule has 0 bridgehead atoms. The molecule has 0 heterocycles. The Labute approximate surface area is 132 Å². The lowest BCUT2D eigenvalue weighted by Crippen LogP contribution is -2.45. The number of benzene rings is 1. The van der Waals surface area contributed by atoms with Gasteiger partial charge in [-0.25, -0.2) is 0 Å². The third-order valence-corrected chi connectivity index (χ3v) is 4.39. The predicted octanol–water partition coefficient (Wildman–Crippen LogP) is 3.12. The van der Waals surface area contributed by atoms with Gasteiger partial charge in [-0.05, 0) is 50.6 Å². The molecule has 1 N–H and O–H groups in total. The normalized spacial score (nSPS) is 22.3. The first kappa shape index (κ1) is 16.3. The second-order valence-electron chi connectivity index (χ2n) is 6.28. The van der Waals surface area contributed by atoms with E-state index in [1.165, 1.54) is 19.3 Å². The molecule has 2 unspecified atom stereocenters. The highest BCUT2D eigenvalue weighted by molar-refractivity contribution is 6.30. The van der Waals surface area contributed by atoms with Crippen LogP contribution in [0.25, 0.3) is 0 Å². The smallest absolute Gasteiger partial charge is 0.224 e. The summed E-state index contributed by atoms with van der Waals surface area (Å²) in [6.45, 7) is 1.05. The lowest BCUT2D eigenvalue weighted by atomic mass is 9.84. The molecule has 0 saturated heterocycles. The van der Waals surface area contributed by atoms with E-state index in [0.29, 0.717) is 23.4 Å². The quantitative estimate of drug-likeness (QED) is 0.906. The Hall–Kier alpha value is -1.06. The van der Waals surface area contributed by atoms with Crippen molar-refractivity contribution in [3.05, 3.63) is 34.9 Å². The van der Waals surface area contributed by atoms with Crippen LogP contribution in [0.15, 0.2) is 24.3 Å². The van der Waals surface area contributed by atoms with Crippen molar-refractivity contribution in [1.82, 2.24) is 10.2 Å². The molecule has 0 spiro atoms. The summed E-state index contributed by atoms with van der Waals surface area (Å²) in [5, 5.41) is 3.94. The van der Waals surface area contributed by atoms with Crippen molar-refractivity contribution in [2.75, 3.05) is 20.6 Å². The predicted molar refractivity (Wildman–Crippen MR) is 87.6 cm³/mol. The Morgan fingerprint density at radius 2 is 1.90 bits per heavy atom. The van der Waals surface area contributed by atoms with E-state index >= 15 is 0 Å². The zero-order valence-corrected chi connectivity index (χ0v) is 13.7. The van der Waals surface area contributed by atoms with Gasteiger partial charge in [-0.15, -0.1) is 0 Å². The van der Waals surface area contributed by atoms with Crippen LogP contribution in [0.5, 0.6) is 0 Å². The van der Waals surface area contributed by atoms with Crippen LogP contribution >= 0.6 is 11.6 Å². The third-order valence-electron chi connectivity index (χ3n) is 4.13. The van der Waals surface area contributed by atoms with Crippen LogP contribution in [0, 0.1) is 5.92 Å². The summed E-state index contributed by atoms with van der Waals surface area (Å²) in [7, 11) is 4.20. The maximum atomic E-state index is 12.2. The van der Waals surface area contributed by atoms with Crippen molar-refractivity contribution < 1.29 is 4.79 Å². The molecule has 4 heteroatoms. The fourth-order valence-corrected chi connectivity index (χ4v) is 3.26. The van der Waals surface area contributed by atoms with Gasteiger partial charge in [-0.2, -0.15) is 0 Å². The van der Waals surface area contributed by atoms with Crippen molar-refractivity contribution in [3.63, 3.8) is 0 Å². The van der Waals surface area contributed by atoms with E-state index in [2.05, 4.69) is 24.3 Å². The van der Waals surface area contributed by atoms with Gasteiger partial charge in [0.15, 0.2) is 0 Å². The molecule has 0 radical (unpaired) electrons. The van der Waals surface area contributed by atoms with E-state index in [4.69, 9.17) is 11.6 Å². The Morgan fingerprint density at radius 1 is 1.24 bits per heavy atom. The molecular weight excluding hydrogens is 284 g/mol. The standard InChI is InChI=1S/C17H25ClN2O/c1-20(2)12-14-5-3-4-6-16(14)19-17(21)11-13-7-9-15(18)10-8-13/h7-10,14,16H,3-6,11-12H2,1-2H3,(H,19,21). The average molecular weight is 309 g/mol. The highest BCUT2D eigenvalue weighted by Crippen LogP contribution is 2.25. The summed E-state index contributed by atoms with van der Waals surface area (Å²) in [5.41, 5.74) is 1.01. The van der Waals surface area contributed by atoms with Gasteiger partial charge in [0.1, 0.15) is 0 Å². The van der Waals surface area contributed by atoms with Gasteiger partial charge >= 0.3 is 0 Å². The van der Waals surface area contributed by atoms with Gasteiger partial charge < -0.3 is 10.2 Å². The third kappa shape index (κ3) is 5.33. The number of halogens is 1. The Morgan fingerprint density at radius 3 is 2.57 bits per heavy atom. The fourth-order valence-electron chi connectivity index (χ4n) is 3.13. The van der Waals surface area contributed by atoms with E-state index in [9.17, 15) is 4.79 Å². The number of carbonyl (C=O) groups excluding carboxylic acids is 1. The van der Waals surface area contributed by atoms with Gasteiger partial charge in [0, 0.05) is 17.6 Å². The second kappa shape index (κ2) is 7.81. The summed E-state index contributed by atoms with van der Waals surface area (Å²) < 4.78 is 0. The highest BCUT2D eigenvalue weighted by Gasteiger charge is 2.26. The summed E-state index contributed by atoms with van der Waals surface area (Å²) in [5.74, 6) is 0.691. The molecule has 2 rings (SSSR count). The number of hydrogen-bond donors (Lipinski definition) is 1. The second-order valence-corrected chi connectivity index (χ2v) is 6.72. The number of hydrogen-bond acceptors (Lipinski definition) is 2. The lowest BCUT2D eigenvalue weighted by Gasteiger charge is -2.34. The number of nitrogens with zero attached hydrogens (tertiary/aromatic N) is 1. The minimum absolute atomic E-state index is 0.118. The number of amides is 1. The van der Waals surface area contributed by atoms with Crippen molar-refractivity contribution >= 4 is 17.5 Å². The molecule has 0 aliphatic heterocycles. The van der Waals surface area contributed by atoms with Crippen LogP contribution < -0.4 is 5.32 Å². The molecule has 1 amide bonds. The zero-order valence-electron chi connectivity index (χ0n) is 12.9. The maximum Gasteiger partial charge on any atom is 0.224 e. The molecular formula is C17H25ClN2O. The molecule has 1 saturated carbocycles. The first-order valence-electron chi connectivity index (χ1n) is 7.73. The number of nitrogens with one attached hydrogen (secondary N) is 1. The molecule has 21 heavy (non-hydrogen) atoms. The van der Waals surface area contributed by atoms with Crippen LogP contribution in [0.4, 0.5) is 0 Å². The number of carbonyl (C=O) groups is 1. The first-order valence-corrected chi connectivity index (χ1v) is 8.11. The van der Waals surface area contributed by atoms with Gasteiger partial charge in [0.25, 0.3) is 0 Å². The molecule has 3 nitrogen and oxygen atoms in total. The molecule has 116 valence electrons. The largest absolute Gasteiger partial charge is 0.353 e. The van der Waals surface area contributed by atoms with E-state index in [-0.39, 0.29) is 5.91 Å². The van der Waals surface area contributed by atoms with E-state index in [1.807, 2.05) is 24.3 Å². The summed E-state index contributed by atoms with van der Waals surface area (Å²) in [4.78, 5) is 14.5. The molecule has 0 aromatic heterocycles. The minimum Gasteiger partial charge on any atom is -0.353 e. The molecule has 1 aliphatic carbocycles. The summed E-state index contributed by atoms with van der Waals surface area (Å²) in [6, 6.07) is 7.82. The van der Waals surface area contributed by atoms with Crippen molar-refractivity contribution in [3.8, 4) is 0 Å². The molecule has 1 aromatic rings. The van der Waals surface area contributed by atoms with E-state index in [1.54, 1.807) is 0 Å². The molecule has 1 aromatic carbocycles. The van der Waals surface area contributed by atoms with E-state index in [0.717, 1.165) is 18.5 Å². The summed E-state index contributed by atoms with van der Waals surface area (Å²) >= 11 is 5.87. The van der Waals surface area contributed by atoms with Gasteiger partial charge in [-0.3, -0.25) is 4.79 Å². The topological polar surface area (TPSA) is 32.3 Å². The SMILES string of the molecule is CN(C)CC1CCCCC1NC(=O)Cc1ccc(Cl)cc1. The van der Waals surface area contributed by atoms with Crippen LogP contribution in [-0.2, 0) is 11.2 Å². The average Bonchev–Trinajstić information content (AvgIpc) is 2.43. The molecule has 2 atom stereocenters. The van der Waals surface area contributed by atoms with Crippen molar-refractivity contribution in [1.29, 1.82) is 0 Å². The van der Waals surface area contributed by atoms with Crippen LogP contribution in [0.1, 0.15) is 31.2 Å². The van der Waals surface area contributed by atoms with Gasteiger partial charge in [0.05, 0.1) is 6.42 Å². The fraction of sp³-hybridized carbons (Fsp3) is 0.588. The van der Waals surface area contributed by atoms with Gasteiger partial charge in [0.2, 0.25) is 5.91 Å². The van der Waals surface area contributed by atoms with Gasteiger partial charge in [-0.1, -0.05) is 36.6 Å². The van der Waals surface area contributed by atoms with E-state index < -0.39 is 0 Å². The van der Waals surface area contributed by atoms with Crippen molar-refractivity contribution in [2.24, 2.45) is 5.92 Å². The monoisotopic (exact) mass is 308 g/mol. The first-order chi connectivity index (χ1) is 10.0. The lowest BCUT2D eigenvalue weighted by molar-refractivity contribution is -0.121. The Balaban J connectivity index is 1.89. The highest BCUT2D eigenvalue weighted by atomic mass is 35.5. The van der Waals surface area contributed by atoms with Crippen LogP contribution in [0.3, 0.4) is 0 Å². The maximum absolute atomic E-state index is 12.2. The Bertz CT molecular complexity index is 458. The van der Waals surface area contributed by atoms with Crippen LogP contribution in [0.2, 0.25) is 5.02 Å². The number of rotatable bonds is 5. The Kier molecular flexibility index (Phi) is 6.07. The van der Waals surface area contributed by atoms with Crippen LogP contribution in [-0.4, -0.2) is 37.5 Å². The zero-order chi connectivity index (χ0) is 15.2. The molecule has 1 fully saturated rings. The van der Waals surface area contributed by atoms with Crippen molar-refractivity contribution in [2.45, 2.75) is 38.1 Å². The minimum atomic E-state index is 0.118.